The maximum absolute atomic E-state index is 11.2. The molecule has 0 spiro atoms. The van der Waals surface area contributed by atoms with Crippen molar-refractivity contribution in [3.8, 4) is 0 Å². The largest absolute Gasteiger partial charge is 0.463 e. The summed E-state index contributed by atoms with van der Waals surface area (Å²) in [5.41, 5.74) is 0.282. The highest BCUT2D eigenvalue weighted by Crippen LogP contribution is 2.25. The zero-order valence-corrected chi connectivity index (χ0v) is 7.40. The van der Waals surface area contributed by atoms with Gasteiger partial charge in [-0.05, 0) is 19.4 Å². The van der Waals surface area contributed by atoms with E-state index in [1.807, 2.05) is 0 Å². The van der Waals surface area contributed by atoms with Crippen molar-refractivity contribution in [2.24, 2.45) is 5.92 Å². The first-order valence-corrected chi connectivity index (χ1v) is 4.21. The van der Waals surface area contributed by atoms with Crippen LogP contribution in [0.1, 0.15) is 13.3 Å². The van der Waals surface area contributed by atoms with Crippen LogP contribution in [0.2, 0.25) is 0 Å². The Hall–Kier alpha value is -1.16. The van der Waals surface area contributed by atoms with Crippen molar-refractivity contribution >= 4 is 12.3 Å². The summed E-state index contributed by atoms with van der Waals surface area (Å²) in [6, 6.07) is 0. The average Bonchev–Trinajstić information content (AvgIpc) is 2.47. The van der Waals surface area contributed by atoms with Gasteiger partial charge in [0.2, 0.25) is 0 Å². The quantitative estimate of drug-likeness (QED) is 0.497. The molecule has 1 N–H and O–H groups in total. The minimum absolute atomic E-state index is 0.276. The Morgan fingerprint density at radius 2 is 2.54 bits per heavy atom. The Balaban J connectivity index is 2.71. The molecule has 0 fully saturated rings. The molecule has 1 rings (SSSR count). The number of hydrogen-bond donors (Lipinski definition) is 1. The van der Waals surface area contributed by atoms with Crippen molar-refractivity contribution in [1.29, 1.82) is 0 Å². The van der Waals surface area contributed by atoms with E-state index in [1.54, 1.807) is 6.92 Å². The smallest absolute Gasteiger partial charge is 0.334 e. The number of aliphatic hydroxyl groups excluding tert-OH is 1. The predicted molar refractivity (Wildman–Crippen MR) is 44.9 cm³/mol. The maximum atomic E-state index is 11.2. The summed E-state index contributed by atoms with van der Waals surface area (Å²) in [6.07, 6.45) is 1.64. The predicted octanol–water partition coefficient (Wildman–Crippen LogP) is 0.0556. The van der Waals surface area contributed by atoms with Gasteiger partial charge in [0.05, 0.1) is 12.7 Å². The normalized spacial score (nSPS) is 26.8. The molecule has 1 aliphatic carbocycles. The van der Waals surface area contributed by atoms with E-state index in [4.69, 9.17) is 4.74 Å². The van der Waals surface area contributed by atoms with E-state index in [9.17, 15) is 14.7 Å². The van der Waals surface area contributed by atoms with Gasteiger partial charge in [0, 0.05) is 11.5 Å². The molecule has 2 unspecified atom stereocenters. The minimum Gasteiger partial charge on any atom is -0.463 e. The number of aldehydes is 1. The van der Waals surface area contributed by atoms with E-state index < -0.39 is 18.0 Å². The first-order valence-electron chi connectivity index (χ1n) is 4.21. The molecule has 0 aromatic rings. The SMILES string of the molecule is CCOC(=O)C1=CC(O)CC1C=O. The van der Waals surface area contributed by atoms with E-state index in [0.29, 0.717) is 6.29 Å². The Labute approximate surface area is 76.2 Å². The van der Waals surface area contributed by atoms with Gasteiger partial charge in [-0.25, -0.2) is 4.79 Å². The molecule has 0 aromatic carbocycles. The summed E-state index contributed by atoms with van der Waals surface area (Å²) in [6.45, 7) is 1.97. The second kappa shape index (κ2) is 4.18. The van der Waals surface area contributed by atoms with Crippen LogP contribution < -0.4 is 0 Å². The van der Waals surface area contributed by atoms with Gasteiger partial charge in [0.25, 0.3) is 0 Å². The van der Waals surface area contributed by atoms with Crippen LogP contribution in [-0.4, -0.2) is 30.1 Å². The van der Waals surface area contributed by atoms with Crippen molar-refractivity contribution < 1.29 is 19.4 Å². The van der Waals surface area contributed by atoms with Crippen molar-refractivity contribution in [2.45, 2.75) is 19.4 Å². The van der Waals surface area contributed by atoms with Crippen molar-refractivity contribution in [2.75, 3.05) is 6.61 Å². The molecule has 0 aliphatic heterocycles. The number of carbonyl (C=O) groups excluding carboxylic acids is 2. The van der Waals surface area contributed by atoms with Gasteiger partial charge < -0.3 is 14.6 Å². The summed E-state index contributed by atoms with van der Waals surface area (Å²) >= 11 is 0. The summed E-state index contributed by atoms with van der Waals surface area (Å²) in [5, 5.41) is 9.18. The molecule has 0 bridgehead atoms. The fourth-order valence-electron chi connectivity index (χ4n) is 1.35. The highest BCUT2D eigenvalue weighted by Gasteiger charge is 2.30. The lowest BCUT2D eigenvalue weighted by Gasteiger charge is -2.05. The third-order valence-corrected chi connectivity index (χ3v) is 1.94. The Morgan fingerprint density at radius 3 is 3.08 bits per heavy atom. The average molecular weight is 184 g/mol. The van der Waals surface area contributed by atoms with Crippen LogP contribution in [0, 0.1) is 5.92 Å². The third-order valence-electron chi connectivity index (χ3n) is 1.94. The van der Waals surface area contributed by atoms with E-state index in [2.05, 4.69) is 0 Å². The van der Waals surface area contributed by atoms with E-state index in [0.717, 1.165) is 0 Å². The second-order valence-corrected chi connectivity index (χ2v) is 2.89. The molecule has 13 heavy (non-hydrogen) atoms. The van der Waals surface area contributed by atoms with E-state index in [-0.39, 0.29) is 18.6 Å². The maximum Gasteiger partial charge on any atom is 0.334 e. The lowest BCUT2D eigenvalue weighted by molar-refractivity contribution is -0.139. The van der Waals surface area contributed by atoms with Crippen LogP contribution in [0.5, 0.6) is 0 Å². The van der Waals surface area contributed by atoms with Crippen molar-refractivity contribution in [3.05, 3.63) is 11.6 Å². The van der Waals surface area contributed by atoms with E-state index >= 15 is 0 Å². The minimum atomic E-state index is -0.699. The molecular formula is C9H12O4. The Kier molecular flexibility index (Phi) is 3.19. The van der Waals surface area contributed by atoms with Crippen LogP contribution in [0.4, 0.5) is 0 Å². The van der Waals surface area contributed by atoms with E-state index in [1.165, 1.54) is 6.08 Å². The van der Waals surface area contributed by atoms with Crippen LogP contribution in [0.3, 0.4) is 0 Å². The number of esters is 1. The highest BCUT2D eigenvalue weighted by atomic mass is 16.5. The molecule has 0 amide bonds. The molecule has 0 saturated heterocycles. The van der Waals surface area contributed by atoms with Crippen LogP contribution in [0.15, 0.2) is 11.6 Å². The number of rotatable bonds is 3. The summed E-state index contributed by atoms with van der Waals surface area (Å²) in [4.78, 5) is 21.7. The van der Waals surface area contributed by atoms with Gasteiger partial charge in [0.15, 0.2) is 0 Å². The number of ether oxygens (including phenoxy) is 1. The van der Waals surface area contributed by atoms with Crippen molar-refractivity contribution in [3.63, 3.8) is 0 Å². The monoisotopic (exact) mass is 184 g/mol. The number of aliphatic hydroxyl groups is 1. The molecule has 1 aliphatic rings. The van der Waals surface area contributed by atoms with Gasteiger partial charge in [-0.2, -0.15) is 0 Å². The molecule has 0 heterocycles. The molecule has 0 saturated carbocycles. The van der Waals surface area contributed by atoms with Gasteiger partial charge in [-0.15, -0.1) is 0 Å². The summed E-state index contributed by atoms with van der Waals surface area (Å²) < 4.78 is 4.73. The molecule has 72 valence electrons. The Bertz CT molecular complexity index is 244. The van der Waals surface area contributed by atoms with Gasteiger partial charge in [-0.1, -0.05) is 0 Å². The first-order chi connectivity index (χ1) is 6.19. The number of carbonyl (C=O) groups is 2. The molecule has 4 heteroatoms. The number of hydrogen-bond acceptors (Lipinski definition) is 4. The summed E-state index contributed by atoms with van der Waals surface area (Å²) in [7, 11) is 0. The lowest BCUT2D eigenvalue weighted by atomic mass is 10.0. The van der Waals surface area contributed by atoms with Gasteiger partial charge in [-0.3, -0.25) is 0 Å². The molecule has 2 atom stereocenters. The molecule has 0 radical (unpaired) electrons. The zero-order chi connectivity index (χ0) is 9.84. The first kappa shape index (κ1) is 9.92. The molecule has 4 nitrogen and oxygen atoms in total. The van der Waals surface area contributed by atoms with Crippen LogP contribution >= 0.6 is 0 Å². The van der Waals surface area contributed by atoms with Crippen LogP contribution in [0.25, 0.3) is 0 Å². The third kappa shape index (κ3) is 2.15. The van der Waals surface area contributed by atoms with Gasteiger partial charge in [0.1, 0.15) is 6.29 Å². The topological polar surface area (TPSA) is 63.6 Å². The molecule has 0 aromatic heterocycles. The van der Waals surface area contributed by atoms with Crippen molar-refractivity contribution in [1.82, 2.24) is 0 Å². The zero-order valence-electron chi connectivity index (χ0n) is 7.40. The van der Waals surface area contributed by atoms with Gasteiger partial charge >= 0.3 is 5.97 Å². The standard InChI is InChI=1S/C9H12O4/c1-2-13-9(12)8-4-7(11)3-6(8)5-10/h4-7,11H,2-3H2,1H3. The fourth-order valence-corrected chi connectivity index (χ4v) is 1.35. The van der Waals surface area contributed by atoms with Crippen LogP contribution in [-0.2, 0) is 14.3 Å². The Morgan fingerprint density at radius 1 is 1.85 bits per heavy atom. The summed E-state index contributed by atoms with van der Waals surface area (Å²) in [5.74, 6) is -1.01. The second-order valence-electron chi connectivity index (χ2n) is 2.89. The lowest BCUT2D eigenvalue weighted by Crippen LogP contribution is -2.14. The molecular weight excluding hydrogens is 172 g/mol. The highest BCUT2D eigenvalue weighted by molar-refractivity contribution is 5.93. The fraction of sp³-hybridized carbons (Fsp3) is 0.556.